The maximum Gasteiger partial charge on any atom is 0.418 e. The van der Waals surface area contributed by atoms with Crippen molar-refractivity contribution in [2.75, 3.05) is 12.4 Å². The second kappa shape index (κ2) is 7.71. The second-order valence-corrected chi connectivity index (χ2v) is 7.61. The van der Waals surface area contributed by atoms with Gasteiger partial charge in [0.2, 0.25) is 10.0 Å². The van der Waals surface area contributed by atoms with Crippen molar-refractivity contribution in [3.63, 3.8) is 0 Å². The molecule has 2 rings (SSSR count). The van der Waals surface area contributed by atoms with E-state index in [4.69, 9.17) is 11.6 Å². The molecule has 0 amide bonds. The Bertz CT molecular complexity index is 981. The molecule has 2 N–H and O–H groups in total. The molecule has 0 saturated heterocycles. The highest BCUT2D eigenvalue weighted by atomic mass is 35.5. The maximum atomic E-state index is 12.9. The van der Waals surface area contributed by atoms with Gasteiger partial charge in [-0.05, 0) is 30.8 Å². The molecule has 0 aliphatic rings. The molecule has 0 bridgehead atoms. The Kier molecular flexibility index (Phi) is 5.97. The SMILES string of the molecule is CNS(=O)(=O)c1cccc(CNc2cc(Cl)c(C(F)(F)F)cc2[N+](=O)[O-])c1. The molecule has 0 saturated carbocycles. The number of nitrogens with one attached hydrogen (secondary N) is 2. The fourth-order valence-corrected chi connectivity index (χ4v) is 3.28. The molecule has 0 atom stereocenters. The number of halogens is 4. The minimum Gasteiger partial charge on any atom is -0.375 e. The Balaban J connectivity index is 2.35. The van der Waals surface area contributed by atoms with Gasteiger partial charge in [-0.3, -0.25) is 10.1 Å². The van der Waals surface area contributed by atoms with E-state index >= 15 is 0 Å². The molecule has 7 nitrogen and oxygen atoms in total. The molecule has 0 aliphatic heterocycles. The zero-order valence-electron chi connectivity index (χ0n) is 13.7. The van der Waals surface area contributed by atoms with Crippen molar-refractivity contribution in [3.05, 3.63) is 62.7 Å². The quantitative estimate of drug-likeness (QED) is 0.543. The van der Waals surface area contributed by atoms with Gasteiger partial charge in [-0.25, -0.2) is 13.1 Å². The number of nitro groups is 1. The van der Waals surface area contributed by atoms with Crippen LogP contribution >= 0.6 is 11.6 Å². The Morgan fingerprint density at radius 1 is 1.22 bits per heavy atom. The van der Waals surface area contributed by atoms with Crippen molar-refractivity contribution in [2.24, 2.45) is 0 Å². The van der Waals surface area contributed by atoms with Gasteiger partial charge in [0.05, 0.1) is 20.4 Å². The highest BCUT2D eigenvalue weighted by Gasteiger charge is 2.36. The smallest absolute Gasteiger partial charge is 0.375 e. The van der Waals surface area contributed by atoms with Crippen LogP contribution in [0.4, 0.5) is 24.5 Å². The molecule has 27 heavy (non-hydrogen) atoms. The number of nitro benzene ring substituents is 1. The normalized spacial score (nSPS) is 12.0. The van der Waals surface area contributed by atoms with Gasteiger partial charge in [0.25, 0.3) is 5.69 Å². The van der Waals surface area contributed by atoms with E-state index in [9.17, 15) is 31.7 Å². The van der Waals surface area contributed by atoms with E-state index in [0.29, 0.717) is 11.6 Å². The molecular formula is C15H13ClF3N3O4S. The van der Waals surface area contributed by atoms with Crippen molar-refractivity contribution < 1.29 is 26.5 Å². The molecule has 0 aliphatic carbocycles. The summed E-state index contributed by atoms with van der Waals surface area (Å²) >= 11 is 5.61. The molecule has 146 valence electrons. The summed E-state index contributed by atoms with van der Waals surface area (Å²) in [7, 11) is -2.44. The van der Waals surface area contributed by atoms with Crippen LogP contribution in [-0.2, 0) is 22.7 Å². The molecule has 2 aromatic carbocycles. The van der Waals surface area contributed by atoms with Crippen LogP contribution in [0.5, 0.6) is 0 Å². The Labute approximate surface area is 157 Å². The Hall–Kier alpha value is -2.37. The first kappa shape index (κ1) is 20.9. The topological polar surface area (TPSA) is 101 Å². The minimum absolute atomic E-state index is 0.0238. The number of nitrogens with zero attached hydrogens (tertiary/aromatic N) is 1. The van der Waals surface area contributed by atoms with E-state index < -0.39 is 37.4 Å². The minimum atomic E-state index is -4.84. The number of sulfonamides is 1. The summed E-state index contributed by atoms with van der Waals surface area (Å²) in [5, 5.41) is 13.0. The summed E-state index contributed by atoms with van der Waals surface area (Å²) < 4.78 is 64.4. The molecule has 0 fully saturated rings. The van der Waals surface area contributed by atoms with Crippen molar-refractivity contribution >= 4 is 33.0 Å². The third kappa shape index (κ3) is 4.87. The Morgan fingerprint density at radius 2 is 1.89 bits per heavy atom. The number of anilines is 1. The number of rotatable bonds is 6. The van der Waals surface area contributed by atoms with Crippen LogP contribution in [-0.4, -0.2) is 20.4 Å². The fraction of sp³-hybridized carbons (Fsp3) is 0.200. The van der Waals surface area contributed by atoms with Crippen LogP contribution in [0.3, 0.4) is 0 Å². The van der Waals surface area contributed by atoms with Crippen LogP contribution in [0.2, 0.25) is 5.02 Å². The predicted octanol–water partition coefficient (Wildman–Crippen LogP) is 3.79. The van der Waals surface area contributed by atoms with Crippen LogP contribution < -0.4 is 10.0 Å². The fourth-order valence-electron chi connectivity index (χ4n) is 2.21. The van der Waals surface area contributed by atoms with Gasteiger partial charge in [0.1, 0.15) is 5.69 Å². The predicted molar refractivity (Wildman–Crippen MR) is 93.1 cm³/mol. The first-order valence-corrected chi connectivity index (χ1v) is 9.13. The van der Waals surface area contributed by atoms with Gasteiger partial charge in [-0.2, -0.15) is 13.2 Å². The van der Waals surface area contributed by atoms with E-state index in [2.05, 4.69) is 10.0 Å². The lowest BCUT2D eigenvalue weighted by atomic mass is 10.1. The van der Waals surface area contributed by atoms with E-state index in [1.165, 1.54) is 25.2 Å². The molecule has 0 aromatic heterocycles. The van der Waals surface area contributed by atoms with E-state index in [-0.39, 0.29) is 17.1 Å². The van der Waals surface area contributed by atoms with Gasteiger partial charge in [0.15, 0.2) is 0 Å². The largest absolute Gasteiger partial charge is 0.418 e. The van der Waals surface area contributed by atoms with Gasteiger partial charge in [0, 0.05) is 12.6 Å². The number of alkyl halides is 3. The summed E-state index contributed by atoms with van der Waals surface area (Å²) in [5.74, 6) is 0. The standard InChI is InChI=1S/C15H13ClF3N3O4S/c1-20-27(25,26)10-4-2-3-9(5-10)8-21-13-7-12(16)11(15(17,18)19)6-14(13)22(23)24/h2-7,20-21H,8H2,1H3. The van der Waals surface area contributed by atoms with Gasteiger partial charge in [-0.1, -0.05) is 23.7 Å². The average Bonchev–Trinajstić information content (AvgIpc) is 2.58. The van der Waals surface area contributed by atoms with Crippen LogP contribution in [0, 0.1) is 10.1 Å². The molecular weight excluding hydrogens is 411 g/mol. The highest BCUT2D eigenvalue weighted by molar-refractivity contribution is 7.89. The third-order valence-electron chi connectivity index (χ3n) is 3.55. The lowest BCUT2D eigenvalue weighted by Crippen LogP contribution is -2.18. The van der Waals surface area contributed by atoms with Gasteiger partial charge in [-0.15, -0.1) is 0 Å². The summed E-state index contributed by atoms with van der Waals surface area (Å²) in [5.41, 5.74) is -1.90. The molecule has 0 spiro atoms. The van der Waals surface area contributed by atoms with Crippen molar-refractivity contribution in [2.45, 2.75) is 17.6 Å². The first-order valence-electron chi connectivity index (χ1n) is 7.27. The van der Waals surface area contributed by atoms with Crippen LogP contribution in [0.15, 0.2) is 41.3 Å². The van der Waals surface area contributed by atoms with E-state index in [1.807, 2.05) is 0 Å². The van der Waals surface area contributed by atoms with Gasteiger partial charge >= 0.3 is 6.18 Å². The van der Waals surface area contributed by atoms with Gasteiger partial charge < -0.3 is 5.32 Å². The second-order valence-electron chi connectivity index (χ2n) is 5.31. The highest BCUT2D eigenvalue weighted by Crippen LogP contribution is 2.40. The number of benzene rings is 2. The Morgan fingerprint density at radius 3 is 2.44 bits per heavy atom. The molecule has 0 heterocycles. The number of hydrogen-bond acceptors (Lipinski definition) is 5. The van der Waals surface area contributed by atoms with Crippen molar-refractivity contribution in [1.82, 2.24) is 4.72 Å². The van der Waals surface area contributed by atoms with Crippen LogP contribution in [0.25, 0.3) is 0 Å². The lowest BCUT2D eigenvalue weighted by Gasteiger charge is -2.13. The zero-order chi connectivity index (χ0) is 20.4. The maximum absolute atomic E-state index is 12.9. The average molecular weight is 424 g/mol. The van der Waals surface area contributed by atoms with E-state index in [0.717, 1.165) is 6.07 Å². The monoisotopic (exact) mass is 423 g/mol. The summed E-state index contributed by atoms with van der Waals surface area (Å²) in [6, 6.07) is 6.88. The molecule has 12 heteroatoms. The van der Waals surface area contributed by atoms with Crippen LogP contribution in [0.1, 0.15) is 11.1 Å². The molecule has 0 radical (unpaired) electrons. The first-order chi connectivity index (χ1) is 12.5. The summed E-state index contributed by atoms with van der Waals surface area (Å²) in [6.07, 6.45) is -4.84. The summed E-state index contributed by atoms with van der Waals surface area (Å²) in [6.45, 7) is -0.0738. The zero-order valence-corrected chi connectivity index (χ0v) is 15.2. The lowest BCUT2D eigenvalue weighted by molar-refractivity contribution is -0.384. The van der Waals surface area contributed by atoms with Crippen molar-refractivity contribution in [1.29, 1.82) is 0 Å². The molecule has 2 aromatic rings. The molecule has 0 unspecified atom stereocenters. The third-order valence-corrected chi connectivity index (χ3v) is 5.27. The summed E-state index contributed by atoms with van der Waals surface area (Å²) in [4.78, 5) is 10.1. The number of hydrogen-bond donors (Lipinski definition) is 2. The van der Waals surface area contributed by atoms with E-state index in [1.54, 1.807) is 6.07 Å². The van der Waals surface area contributed by atoms with Crippen molar-refractivity contribution in [3.8, 4) is 0 Å².